The normalized spacial score (nSPS) is 12.1. The highest BCUT2D eigenvalue weighted by Gasteiger charge is 2.07. The molecule has 1 unspecified atom stereocenters. The molecule has 3 N–H and O–H groups in total. The second-order valence-electron chi connectivity index (χ2n) is 5.41. The minimum atomic E-state index is -0.0265. The van der Waals surface area contributed by atoms with E-state index in [9.17, 15) is 4.79 Å². The van der Waals surface area contributed by atoms with Gasteiger partial charge < -0.3 is 15.8 Å². The van der Waals surface area contributed by atoms with Gasteiger partial charge in [-0.3, -0.25) is 4.79 Å². The van der Waals surface area contributed by atoms with Gasteiger partial charge in [0, 0.05) is 18.0 Å². The summed E-state index contributed by atoms with van der Waals surface area (Å²) in [5.41, 5.74) is 7.06. The summed E-state index contributed by atoms with van der Waals surface area (Å²) in [5, 5.41) is 2.83. The third kappa shape index (κ3) is 7.71. The zero-order valence-corrected chi connectivity index (χ0v) is 13.2. The number of carbonyl (C=O) groups excluding carboxylic acids is 1. The standard InChI is InChI=1S/C17H28N2O2/c1-3-5-6-14(4-2)13-21-12-11-17(20)19-16-9-7-15(18)8-10-16/h7-10,14H,3-6,11-13,18H2,1-2H3,(H,19,20). The van der Waals surface area contributed by atoms with Crippen molar-refractivity contribution in [1.29, 1.82) is 0 Å². The number of rotatable bonds is 10. The molecule has 0 heterocycles. The number of amides is 1. The Morgan fingerprint density at radius 2 is 2.00 bits per heavy atom. The summed E-state index contributed by atoms with van der Waals surface area (Å²) >= 11 is 0. The van der Waals surface area contributed by atoms with E-state index in [0.29, 0.717) is 24.6 Å². The van der Waals surface area contributed by atoms with E-state index in [1.165, 1.54) is 19.3 Å². The van der Waals surface area contributed by atoms with Gasteiger partial charge in [-0.25, -0.2) is 0 Å². The predicted octanol–water partition coefficient (Wildman–Crippen LogP) is 3.83. The van der Waals surface area contributed by atoms with Gasteiger partial charge in [-0.2, -0.15) is 0 Å². The number of hydrogen-bond acceptors (Lipinski definition) is 3. The third-order valence-corrected chi connectivity index (χ3v) is 3.56. The van der Waals surface area contributed by atoms with E-state index >= 15 is 0 Å². The highest BCUT2D eigenvalue weighted by molar-refractivity contribution is 5.90. The molecular formula is C17H28N2O2. The summed E-state index contributed by atoms with van der Waals surface area (Å²) in [5.74, 6) is 0.589. The Bertz CT molecular complexity index is 404. The average Bonchev–Trinajstić information content (AvgIpc) is 2.49. The number of nitrogen functional groups attached to an aromatic ring is 1. The molecule has 0 aliphatic heterocycles. The summed E-state index contributed by atoms with van der Waals surface area (Å²) in [7, 11) is 0. The Morgan fingerprint density at radius 1 is 1.29 bits per heavy atom. The van der Waals surface area contributed by atoms with E-state index in [4.69, 9.17) is 10.5 Å². The van der Waals surface area contributed by atoms with Gasteiger partial charge in [0.2, 0.25) is 5.91 Å². The Labute approximate surface area is 128 Å². The van der Waals surface area contributed by atoms with Crippen molar-refractivity contribution in [2.45, 2.75) is 46.0 Å². The van der Waals surface area contributed by atoms with Gasteiger partial charge in [-0.05, 0) is 36.6 Å². The summed E-state index contributed by atoms with van der Waals surface area (Å²) in [6.45, 7) is 5.63. The van der Waals surface area contributed by atoms with Gasteiger partial charge in [-0.1, -0.05) is 33.1 Å². The van der Waals surface area contributed by atoms with Crippen LogP contribution in [0.3, 0.4) is 0 Å². The lowest BCUT2D eigenvalue weighted by Gasteiger charge is -2.14. The second kappa shape index (κ2) is 10.2. The van der Waals surface area contributed by atoms with Crippen molar-refractivity contribution in [3.8, 4) is 0 Å². The van der Waals surface area contributed by atoms with E-state index < -0.39 is 0 Å². The van der Waals surface area contributed by atoms with Gasteiger partial charge >= 0.3 is 0 Å². The zero-order chi connectivity index (χ0) is 15.5. The predicted molar refractivity (Wildman–Crippen MR) is 88.2 cm³/mol. The second-order valence-corrected chi connectivity index (χ2v) is 5.41. The maximum absolute atomic E-state index is 11.8. The van der Waals surface area contributed by atoms with Crippen LogP contribution in [-0.2, 0) is 9.53 Å². The minimum absolute atomic E-state index is 0.0265. The highest BCUT2D eigenvalue weighted by atomic mass is 16.5. The van der Waals surface area contributed by atoms with Crippen LogP contribution in [0.15, 0.2) is 24.3 Å². The number of benzene rings is 1. The first-order valence-corrected chi connectivity index (χ1v) is 7.88. The first kappa shape index (κ1) is 17.5. The van der Waals surface area contributed by atoms with Crippen molar-refractivity contribution in [1.82, 2.24) is 0 Å². The van der Waals surface area contributed by atoms with Crippen molar-refractivity contribution in [2.75, 3.05) is 24.3 Å². The van der Waals surface area contributed by atoms with Gasteiger partial charge in [0.1, 0.15) is 0 Å². The van der Waals surface area contributed by atoms with Crippen LogP contribution in [0.1, 0.15) is 46.0 Å². The molecule has 0 saturated carbocycles. The van der Waals surface area contributed by atoms with Gasteiger partial charge in [0.25, 0.3) is 0 Å². The number of unbranched alkanes of at least 4 members (excludes halogenated alkanes) is 1. The zero-order valence-electron chi connectivity index (χ0n) is 13.2. The van der Waals surface area contributed by atoms with Gasteiger partial charge in [0.15, 0.2) is 0 Å². The molecule has 4 nitrogen and oxygen atoms in total. The number of hydrogen-bond donors (Lipinski definition) is 2. The van der Waals surface area contributed by atoms with Crippen LogP contribution >= 0.6 is 0 Å². The molecule has 0 aromatic heterocycles. The molecule has 0 aliphatic rings. The molecule has 1 amide bonds. The fraction of sp³-hybridized carbons (Fsp3) is 0.588. The third-order valence-electron chi connectivity index (χ3n) is 3.56. The van der Waals surface area contributed by atoms with E-state index in [1.54, 1.807) is 24.3 Å². The molecule has 0 aliphatic carbocycles. The smallest absolute Gasteiger partial charge is 0.226 e. The van der Waals surface area contributed by atoms with Gasteiger partial charge in [0.05, 0.1) is 13.0 Å². The molecule has 21 heavy (non-hydrogen) atoms. The highest BCUT2D eigenvalue weighted by Crippen LogP contribution is 2.13. The van der Waals surface area contributed by atoms with E-state index in [-0.39, 0.29) is 5.91 Å². The van der Waals surface area contributed by atoms with Crippen LogP contribution in [-0.4, -0.2) is 19.1 Å². The number of nitrogens with two attached hydrogens (primary N) is 1. The monoisotopic (exact) mass is 292 g/mol. The Morgan fingerprint density at radius 3 is 2.62 bits per heavy atom. The fourth-order valence-electron chi connectivity index (χ4n) is 2.10. The molecule has 1 aromatic carbocycles. The molecule has 0 bridgehead atoms. The number of carbonyl (C=O) groups is 1. The quantitative estimate of drug-likeness (QED) is 0.509. The van der Waals surface area contributed by atoms with E-state index in [2.05, 4.69) is 19.2 Å². The van der Waals surface area contributed by atoms with Gasteiger partial charge in [-0.15, -0.1) is 0 Å². The summed E-state index contributed by atoms with van der Waals surface area (Å²) in [4.78, 5) is 11.8. The molecule has 1 rings (SSSR count). The van der Waals surface area contributed by atoms with Crippen LogP contribution in [0.25, 0.3) is 0 Å². The molecule has 118 valence electrons. The lowest BCUT2D eigenvalue weighted by molar-refractivity contribution is -0.117. The maximum atomic E-state index is 11.8. The van der Waals surface area contributed by atoms with Crippen molar-refractivity contribution in [2.24, 2.45) is 5.92 Å². The maximum Gasteiger partial charge on any atom is 0.226 e. The van der Waals surface area contributed by atoms with Crippen molar-refractivity contribution < 1.29 is 9.53 Å². The fourth-order valence-corrected chi connectivity index (χ4v) is 2.10. The first-order chi connectivity index (χ1) is 10.2. The Balaban J connectivity index is 2.16. The molecule has 0 fully saturated rings. The molecule has 4 heteroatoms. The number of nitrogens with one attached hydrogen (secondary N) is 1. The van der Waals surface area contributed by atoms with Crippen molar-refractivity contribution in [3.05, 3.63) is 24.3 Å². The van der Waals surface area contributed by atoms with Crippen LogP contribution in [0, 0.1) is 5.92 Å². The van der Waals surface area contributed by atoms with Crippen LogP contribution in [0.2, 0.25) is 0 Å². The average molecular weight is 292 g/mol. The summed E-state index contributed by atoms with van der Waals surface area (Å²) < 4.78 is 5.63. The van der Waals surface area contributed by atoms with Crippen LogP contribution in [0.4, 0.5) is 11.4 Å². The Hall–Kier alpha value is -1.55. The topological polar surface area (TPSA) is 64.3 Å². The lowest BCUT2D eigenvalue weighted by Crippen LogP contribution is -2.16. The number of ether oxygens (including phenoxy) is 1. The van der Waals surface area contributed by atoms with Crippen LogP contribution < -0.4 is 11.1 Å². The van der Waals surface area contributed by atoms with Crippen molar-refractivity contribution >= 4 is 17.3 Å². The number of anilines is 2. The molecule has 0 spiro atoms. The Kier molecular flexibility index (Phi) is 8.51. The lowest BCUT2D eigenvalue weighted by atomic mass is 10.0. The van der Waals surface area contributed by atoms with E-state index in [1.807, 2.05) is 0 Å². The van der Waals surface area contributed by atoms with Crippen LogP contribution in [0.5, 0.6) is 0 Å². The molecule has 0 saturated heterocycles. The molecule has 1 atom stereocenters. The summed E-state index contributed by atoms with van der Waals surface area (Å²) in [6, 6.07) is 7.13. The van der Waals surface area contributed by atoms with Crippen molar-refractivity contribution in [3.63, 3.8) is 0 Å². The molecular weight excluding hydrogens is 264 g/mol. The summed E-state index contributed by atoms with van der Waals surface area (Å²) in [6.07, 6.45) is 5.21. The first-order valence-electron chi connectivity index (χ1n) is 7.88. The largest absolute Gasteiger partial charge is 0.399 e. The molecule has 0 radical (unpaired) electrons. The van der Waals surface area contributed by atoms with E-state index in [0.717, 1.165) is 18.7 Å². The molecule has 1 aromatic rings. The SMILES string of the molecule is CCCCC(CC)COCCC(=O)Nc1ccc(N)cc1. The minimum Gasteiger partial charge on any atom is -0.399 e.